The van der Waals surface area contributed by atoms with Crippen molar-refractivity contribution in [3.05, 3.63) is 47.5 Å². The molecule has 0 spiro atoms. The van der Waals surface area contributed by atoms with E-state index in [9.17, 15) is 0 Å². The fourth-order valence-electron chi connectivity index (χ4n) is 2.82. The van der Waals surface area contributed by atoms with E-state index >= 15 is 0 Å². The van der Waals surface area contributed by atoms with Crippen molar-refractivity contribution in [2.45, 2.75) is 73.1 Å². The number of fused-ring (bicyclic) bond motifs is 1. The molecule has 2 aromatic carbocycles. The maximum absolute atomic E-state index is 3.36. The number of rotatable bonds is 6. The summed E-state index contributed by atoms with van der Waals surface area (Å²) in [6.07, 6.45) is 7.48. The van der Waals surface area contributed by atoms with Crippen molar-refractivity contribution in [2.75, 3.05) is 0 Å². The van der Waals surface area contributed by atoms with Gasteiger partial charge in [0.15, 0.2) is 0 Å². The summed E-state index contributed by atoms with van der Waals surface area (Å²) in [7, 11) is 0. The lowest BCUT2D eigenvalue weighted by molar-refractivity contribution is 0.653. The monoisotopic (exact) mass is 322 g/mol. The molecule has 0 aliphatic heterocycles. The molecule has 0 aliphatic carbocycles. The Morgan fingerprint density at radius 3 is 2.29 bits per heavy atom. The Hall–Kier alpha value is -1.74. The van der Waals surface area contributed by atoms with E-state index in [0.29, 0.717) is 5.92 Å². The summed E-state index contributed by atoms with van der Waals surface area (Å²) < 4.78 is 0. The van der Waals surface area contributed by atoms with Gasteiger partial charge < -0.3 is 0 Å². The number of unbranched alkanes of at least 4 members (excludes halogenated alkanes) is 2. The first-order valence-corrected chi connectivity index (χ1v) is 9.77. The zero-order valence-electron chi connectivity index (χ0n) is 16.3. The van der Waals surface area contributed by atoms with Crippen LogP contribution in [-0.2, 0) is 6.42 Å². The summed E-state index contributed by atoms with van der Waals surface area (Å²) in [4.78, 5) is 0. The Morgan fingerprint density at radius 1 is 0.875 bits per heavy atom. The molecule has 0 heteroatoms. The summed E-state index contributed by atoms with van der Waals surface area (Å²) in [5.41, 5.74) is 2.59. The van der Waals surface area contributed by atoms with Gasteiger partial charge in [-0.2, -0.15) is 0 Å². The molecule has 24 heavy (non-hydrogen) atoms. The third kappa shape index (κ3) is 6.79. The van der Waals surface area contributed by atoms with Gasteiger partial charge in [0.25, 0.3) is 0 Å². The fraction of sp³-hybridized carbons (Fsp3) is 0.500. The van der Waals surface area contributed by atoms with Gasteiger partial charge >= 0.3 is 0 Å². The predicted molar refractivity (Wildman–Crippen MR) is 109 cm³/mol. The Kier molecular flexibility index (Phi) is 9.94. The highest BCUT2D eigenvalue weighted by Gasteiger charge is 1.99. The molecule has 1 atom stereocenters. The molecule has 0 nitrogen and oxygen atoms in total. The number of aryl methyl sites for hydroxylation is 1. The van der Waals surface area contributed by atoms with Crippen molar-refractivity contribution in [1.82, 2.24) is 0 Å². The summed E-state index contributed by atoms with van der Waals surface area (Å²) in [5, 5.41) is 2.63. The van der Waals surface area contributed by atoms with Crippen LogP contribution in [0.15, 0.2) is 36.4 Å². The molecule has 0 fully saturated rings. The lowest BCUT2D eigenvalue weighted by Gasteiger charge is -2.04. The summed E-state index contributed by atoms with van der Waals surface area (Å²) >= 11 is 0. The molecule has 0 aliphatic rings. The maximum Gasteiger partial charge on any atom is 0.0251 e. The van der Waals surface area contributed by atoms with Crippen LogP contribution in [-0.4, -0.2) is 0 Å². The second kappa shape index (κ2) is 11.7. The van der Waals surface area contributed by atoms with Gasteiger partial charge in [0.2, 0.25) is 0 Å². The predicted octanol–water partition coefficient (Wildman–Crippen LogP) is 7.39. The zero-order valence-corrected chi connectivity index (χ0v) is 16.3. The van der Waals surface area contributed by atoms with Gasteiger partial charge in [0, 0.05) is 11.5 Å². The molecule has 1 unspecified atom stereocenters. The summed E-state index contributed by atoms with van der Waals surface area (Å²) in [5.74, 6) is 7.18. The molecule has 0 saturated carbocycles. The molecule has 0 N–H and O–H groups in total. The third-order valence-corrected chi connectivity index (χ3v) is 4.16. The highest BCUT2D eigenvalue weighted by atomic mass is 14.0. The largest absolute Gasteiger partial charge is 0.0948 e. The second-order valence-corrected chi connectivity index (χ2v) is 6.31. The first-order chi connectivity index (χ1) is 11.7. The van der Waals surface area contributed by atoms with Gasteiger partial charge in [-0.25, -0.2) is 0 Å². The first-order valence-electron chi connectivity index (χ1n) is 9.77. The van der Waals surface area contributed by atoms with Gasteiger partial charge in [-0.3, -0.25) is 0 Å². The van der Waals surface area contributed by atoms with Crippen molar-refractivity contribution in [3.8, 4) is 11.8 Å². The Bertz CT molecular complexity index is 655. The van der Waals surface area contributed by atoms with Crippen molar-refractivity contribution in [1.29, 1.82) is 0 Å². The fourth-order valence-corrected chi connectivity index (χ4v) is 2.82. The number of hydrogen-bond donors (Lipinski definition) is 0. The Balaban J connectivity index is 0.00000139. The van der Waals surface area contributed by atoms with Gasteiger partial charge in [-0.05, 0) is 47.7 Å². The van der Waals surface area contributed by atoms with Gasteiger partial charge in [-0.15, -0.1) is 0 Å². The molecule has 0 heterocycles. The number of hydrogen-bond acceptors (Lipinski definition) is 0. The van der Waals surface area contributed by atoms with Crippen molar-refractivity contribution in [2.24, 2.45) is 5.92 Å². The Morgan fingerprint density at radius 2 is 1.58 bits per heavy atom. The average molecular weight is 323 g/mol. The lowest BCUT2D eigenvalue weighted by Crippen LogP contribution is -1.88. The van der Waals surface area contributed by atoms with E-state index < -0.39 is 0 Å². The van der Waals surface area contributed by atoms with E-state index in [-0.39, 0.29) is 0 Å². The SMILES string of the molecule is CC.CCCCCc1ccc2cc(C#CC(C)CCC)ccc2c1. The molecule has 2 rings (SSSR count). The van der Waals surface area contributed by atoms with Crippen LogP contribution in [0.3, 0.4) is 0 Å². The maximum atomic E-state index is 3.36. The number of benzene rings is 2. The molecule has 2 aromatic rings. The van der Waals surface area contributed by atoms with E-state index in [1.54, 1.807) is 0 Å². The van der Waals surface area contributed by atoms with Crippen LogP contribution in [0.25, 0.3) is 10.8 Å². The average Bonchev–Trinajstić information content (AvgIpc) is 2.62. The van der Waals surface area contributed by atoms with E-state index in [4.69, 9.17) is 0 Å². The van der Waals surface area contributed by atoms with Crippen molar-refractivity contribution < 1.29 is 0 Å². The van der Waals surface area contributed by atoms with Crippen LogP contribution < -0.4 is 0 Å². The molecule has 0 bridgehead atoms. The third-order valence-electron chi connectivity index (χ3n) is 4.16. The van der Waals surface area contributed by atoms with E-state index in [2.05, 4.69) is 69.0 Å². The van der Waals surface area contributed by atoms with E-state index in [0.717, 1.165) is 5.56 Å². The lowest BCUT2D eigenvalue weighted by atomic mass is 10.0. The van der Waals surface area contributed by atoms with Crippen LogP contribution in [0, 0.1) is 17.8 Å². The van der Waals surface area contributed by atoms with Gasteiger partial charge in [0.1, 0.15) is 0 Å². The first kappa shape index (κ1) is 20.3. The second-order valence-electron chi connectivity index (χ2n) is 6.31. The van der Waals surface area contributed by atoms with Crippen molar-refractivity contribution in [3.63, 3.8) is 0 Å². The van der Waals surface area contributed by atoms with E-state index in [1.165, 1.54) is 54.9 Å². The molecule has 0 radical (unpaired) electrons. The standard InChI is InChI=1S/C22H28.C2H6/c1-4-6-7-9-19-12-14-22-17-20(13-15-21(22)16-19)11-10-18(3)8-5-2;1-2/h12-18H,4-9H2,1-3H3;1-2H3. The van der Waals surface area contributed by atoms with Gasteiger partial charge in [0.05, 0.1) is 0 Å². The normalized spacial score (nSPS) is 11.2. The highest BCUT2D eigenvalue weighted by molar-refractivity contribution is 5.84. The zero-order chi connectivity index (χ0) is 17.8. The van der Waals surface area contributed by atoms with Crippen molar-refractivity contribution >= 4 is 10.8 Å². The van der Waals surface area contributed by atoms with Crippen LogP contribution in [0.5, 0.6) is 0 Å². The molecule has 0 amide bonds. The van der Waals surface area contributed by atoms with Crippen LogP contribution >= 0.6 is 0 Å². The van der Waals surface area contributed by atoms with Crippen LogP contribution in [0.1, 0.15) is 77.8 Å². The molecular formula is C24H34. The molecule has 130 valence electrons. The summed E-state index contributed by atoms with van der Waals surface area (Å²) in [6, 6.07) is 13.4. The Labute approximate surface area is 149 Å². The minimum Gasteiger partial charge on any atom is -0.0948 e. The van der Waals surface area contributed by atoms with Crippen LogP contribution in [0.2, 0.25) is 0 Å². The molecular weight excluding hydrogens is 288 g/mol. The minimum absolute atomic E-state index is 0.488. The smallest absolute Gasteiger partial charge is 0.0251 e. The topological polar surface area (TPSA) is 0 Å². The minimum atomic E-state index is 0.488. The summed E-state index contributed by atoms with van der Waals surface area (Å²) in [6.45, 7) is 10.7. The molecule has 0 saturated heterocycles. The quantitative estimate of drug-likeness (QED) is 0.384. The highest BCUT2D eigenvalue weighted by Crippen LogP contribution is 2.19. The van der Waals surface area contributed by atoms with Gasteiger partial charge in [-0.1, -0.05) is 90.0 Å². The molecule has 0 aromatic heterocycles. The van der Waals surface area contributed by atoms with E-state index in [1.807, 2.05) is 13.8 Å². The van der Waals surface area contributed by atoms with Crippen LogP contribution in [0.4, 0.5) is 0 Å².